The average molecular weight is 240 g/mol. The Morgan fingerprint density at radius 3 is 2.47 bits per heavy atom. The lowest BCUT2D eigenvalue weighted by molar-refractivity contribution is -0.144. The molecule has 0 atom stereocenters. The number of ether oxygens (including phenoxy) is 2. The van der Waals surface area contributed by atoms with E-state index in [2.05, 4.69) is 0 Å². The highest BCUT2D eigenvalue weighted by Crippen LogP contribution is 2.10. The number of phenolic OH excluding ortho intramolecular Hbond substituents is 1. The van der Waals surface area contributed by atoms with E-state index in [0.717, 1.165) is 5.56 Å². The predicted octanol–water partition coefficient (Wildman–Crippen LogP) is 0.487. The van der Waals surface area contributed by atoms with Crippen molar-refractivity contribution in [3.05, 3.63) is 29.8 Å². The first kappa shape index (κ1) is 13.5. The summed E-state index contributed by atoms with van der Waals surface area (Å²) in [4.78, 5) is 11.3. The number of benzene rings is 1. The maximum Gasteiger partial charge on any atom is 0.310 e. The topological polar surface area (TPSA) is 76.0 Å². The minimum Gasteiger partial charge on any atom is -0.508 e. The minimum absolute atomic E-state index is 0.0402. The first-order valence-electron chi connectivity index (χ1n) is 5.34. The van der Waals surface area contributed by atoms with E-state index in [1.165, 1.54) is 12.1 Å². The van der Waals surface area contributed by atoms with E-state index < -0.39 is 0 Å². The zero-order chi connectivity index (χ0) is 12.5. The van der Waals surface area contributed by atoms with Gasteiger partial charge in [0.2, 0.25) is 0 Å². The largest absolute Gasteiger partial charge is 0.508 e. The Kier molecular flexibility index (Phi) is 6.06. The maximum atomic E-state index is 11.3. The maximum absolute atomic E-state index is 11.3. The molecule has 94 valence electrons. The number of phenols is 1. The molecule has 0 aliphatic rings. The van der Waals surface area contributed by atoms with Crippen LogP contribution in [0.1, 0.15) is 5.56 Å². The number of aliphatic hydroxyl groups excluding tert-OH is 1. The second kappa shape index (κ2) is 7.65. The van der Waals surface area contributed by atoms with E-state index in [0.29, 0.717) is 0 Å². The number of carbonyl (C=O) groups excluding carboxylic acids is 1. The molecule has 0 amide bonds. The first-order chi connectivity index (χ1) is 8.22. The number of rotatable bonds is 7. The van der Waals surface area contributed by atoms with Gasteiger partial charge >= 0.3 is 5.97 Å². The smallest absolute Gasteiger partial charge is 0.310 e. The SMILES string of the molecule is O=C(Cc1ccc(O)cc1)OCCOCCO. The van der Waals surface area contributed by atoms with Crippen molar-refractivity contribution in [2.24, 2.45) is 0 Å². The van der Waals surface area contributed by atoms with Crippen molar-refractivity contribution in [3.63, 3.8) is 0 Å². The molecule has 0 spiro atoms. The molecule has 5 nitrogen and oxygen atoms in total. The molecule has 1 rings (SSSR count). The molecule has 1 aromatic carbocycles. The lowest BCUT2D eigenvalue weighted by Gasteiger charge is -2.05. The molecule has 0 bridgehead atoms. The van der Waals surface area contributed by atoms with Crippen molar-refractivity contribution < 1.29 is 24.5 Å². The monoisotopic (exact) mass is 240 g/mol. The van der Waals surface area contributed by atoms with E-state index in [4.69, 9.17) is 19.7 Å². The molecule has 0 saturated carbocycles. The number of carbonyl (C=O) groups is 1. The Bertz CT molecular complexity index is 333. The summed E-state index contributed by atoms with van der Waals surface area (Å²) in [6.07, 6.45) is 0.167. The van der Waals surface area contributed by atoms with E-state index in [1.807, 2.05) is 0 Å². The molecule has 0 fully saturated rings. The summed E-state index contributed by atoms with van der Waals surface area (Å²) in [5, 5.41) is 17.5. The molecule has 0 heterocycles. The van der Waals surface area contributed by atoms with Gasteiger partial charge in [0.25, 0.3) is 0 Å². The van der Waals surface area contributed by atoms with Gasteiger partial charge in [-0.05, 0) is 17.7 Å². The number of esters is 1. The molecule has 5 heteroatoms. The van der Waals surface area contributed by atoms with Crippen molar-refractivity contribution in [1.29, 1.82) is 0 Å². The van der Waals surface area contributed by atoms with Crippen LogP contribution in [0.4, 0.5) is 0 Å². The highest BCUT2D eigenvalue weighted by Gasteiger charge is 2.04. The Morgan fingerprint density at radius 2 is 1.82 bits per heavy atom. The third-order valence-electron chi connectivity index (χ3n) is 2.01. The molecular formula is C12H16O5. The summed E-state index contributed by atoms with van der Waals surface area (Å²) in [7, 11) is 0. The van der Waals surface area contributed by atoms with Crippen LogP contribution in [-0.4, -0.2) is 42.6 Å². The van der Waals surface area contributed by atoms with Crippen LogP contribution >= 0.6 is 0 Å². The van der Waals surface area contributed by atoms with Gasteiger partial charge in [0.05, 0.1) is 26.2 Å². The molecule has 0 aromatic heterocycles. The van der Waals surface area contributed by atoms with Crippen molar-refractivity contribution in [2.45, 2.75) is 6.42 Å². The summed E-state index contributed by atoms with van der Waals surface area (Å²) in [5.41, 5.74) is 0.782. The zero-order valence-corrected chi connectivity index (χ0v) is 9.46. The summed E-state index contributed by atoms with van der Waals surface area (Å²) in [6, 6.07) is 6.37. The average Bonchev–Trinajstić information content (AvgIpc) is 2.32. The highest BCUT2D eigenvalue weighted by atomic mass is 16.6. The summed E-state index contributed by atoms with van der Waals surface area (Å²) >= 11 is 0. The van der Waals surface area contributed by atoms with Gasteiger partial charge in [0.15, 0.2) is 0 Å². The fourth-order valence-electron chi connectivity index (χ4n) is 1.21. The van der Waals surface area contributed by atoms with Crippen LogP contribution in [0.5, 0.6) is 5.75 Å². The van der Waals surface area contributed by atoms with Gasteiger partial charge in [-0.2, -0.15) is 0 Å². The molecule has 0 unspecified atom stereocenters. The second-order valence-corrected chi connectivity index (χ2v) is 3.40. The third kappa shape index (κ3) is 5.89. The minimum atomic E-state index is -0.344. The molecule has 0 aliphatic carbocycles. The number of aliphatic hydroxyl groups is 1. The van der Waals surface area contributed by atoms with E-state index in [1.54, 1.807) is 12.1 Å². The van der Waals surface area contributed by atoms with Crippen LogP contribution in [0.15, 0.2) is 24.3 Å². The van der Waals surface area contributed by atoms with Crippen LogP contribution in [-0.2, 0) is 20.7 Å². The number of hydrogen-bond donors (Lipinski definition) is 2. The van der Waals surface area contributed by atoms with Gasteiger partial charge < -0.3 is 19.7 Å². The predicted molar refractivity (Wildman–Crippen MR) is 60.7 cm³/mol. The fourth-order valence-corrected chi connectivity index (χ4v) is 1.21. The quantitative estimate of drug-likeness (QED) is 0.535. The summed E-state index contributed by atoms with van der Waals surface area (Å²) in [6.45, 7) is 0.662. The highest BCUT2D eigenvalue weighted by molar-refractivity contribution is 5.72. The lowest BCUT2D eigenvalue weighted by Crippen LogP contribution is -2.13. The van der Waals surface area contributed by atoms with Gasteiger partial charge in [-0.1, -0.05) is 12.1 Å². The Balaban J connectivity index is 2.18. The van der Waals surface area contributed by atoms with Gasteiger partial charge in [0, 0.05) is 0 Å². The molecule has 1 aromatic rings. The van der Waals surface area contributed by atoms with E-state index in [9.17, 15) is 4.79 Å². The normalized spacial score (nSPS) is 10.2. The van der Waals surface area contributed by atoms with Crippen LogP contribution in [0.25, 0.3) is 0 Å². The Morgan fingerprint density at radius 1 is 1.12 bits per heavy atom. The summed E-state index contributed by atoms with van der Waals surface area (Å²) < 4.78 is 9.85. The third-order valence-corrected chi connectivity index (χ3v) is 2.01. The molecule has 2 N–H and O–H groups in total. The van der Waals surface area contributed by atoms with Crippen LogP contribution in [0.2, 0.25) is 0 Å². The summed E-state index contributed by atoms with van der Waals surface area (Å²) in [5.74, 6) is -0.178. The molecule has 0 radical (unpaired) electrons. The van der Waals surface area contributed by atoms with Gasteiger partial charge in [-0.15, -0.1) is 0 Å². The van der Waals surface area contributed by atoms with E-state index >= 15 is 0 Å². The van der Waals surface area contributed by atoms with Crippen molar-refractivity contribution in [3.8, 4) is 5.75 Å². The Labute approximate surface area is 99.6 Å². The lowest BCUT2D eigenvalue weighted by atomic mass is 10.1. The van der Waals surface area contributed by atoms with Crippen LogP contribution in [0.3, 0.4) is 0 Å². The Hall–Kier alpha value is -1.59. The fraction of sp³-hybridized carbons (Fsp3) is 0.417. The number of aromatic hydroxyl groups is 1. The number of hydrogen-bond acceptors (Lipinski definition) is 5. The van der Waals surface area contributed by atoms with Gasteiger partial charge in [0.1, 0.15) is 12.4 Å². The van der Waals surface area contributed by atoms with Gasteiger partial charge in [-0.25, -0.2) is 0 Å². The standard InChI is InChI=1S/C12H16O5/c13-5-6-16-7-8-17-12(15)9-10-1-3-11(14)4-2-10/h1-4,13-14H,5-9H2. The van der Waals surface area contributed by atoms with Gasteiger partial charge in [-0.3, -0.25) is 4.79 Å². The molecule has 0 aliphatic heterocycles. The van der Waals surface area contributed by atoms with Crippen LogP contribution in [0, 0.1) is 0 Å². The first-order valence-corrected chi connectivity index (χ1v) is 5.34. The van der Waals surface area contributed by atoms with Crippen molar-refractivity contribution in [2.75, 3.05) is 26.4 Å². The van der Waals surface area contributed by atoms with Crippen LogP contribution < -0.4 is 0 Å². The molecule has 17 heavy (non-hydrogen) atoms. The van der Waals surface area contributed by atoms with Crippen molar-refractivity contribution in [1.82, 2.24) is 0 Å². The van der Waals surface area contributed by atoms with Crippen molar-refractivity contribution >= 4 is 5.97 Å². The molecule has 0 saturated heterocycles. The van der Waals surface area contributed by atoms with E-state index in [-0.39, 0.29) is 44.6 Å². The second-order valence-electron chi connectivity index (χ2n) is 3.40. The zero-order valence-electron chi connectivity index (χ0n) is 9.46. The molecular weight excluding hydrogens is 224 g/mol.